The Kier molecular flexibility index (Phi) is 8.88. The Labute approximate surface area is 252 Å². The molecule has 0 saturated heterocycles. The predicted molar refractivity (Wildman–Crippen MR) is 166 cm³/mol. The zero-order valence-corrected chi connectivity index (χ0v) is 24.4. The summed E-state index contributed by atoms with van der Waals surface area (Å²) in [5.74, 6) is -0.921. The highest BCUT2D eigenvalue weighted by Crippen LogP contribution is 2.37. The van der Waals surface area contributed by atoms with E-state index in [1.807, 2.05) is 48.5 Å². The van der Waals surface area contributed by atoms with Gasteiger partial charge >= 0.3 is 5.97 Å². The maximum absolute atomic E-state index is 12.9. The first kappa shape index (κ1) is 28.2. The van der Waals surface area contributed by atoms with Gasteiger partial charge in [0.25, 0.3) is 5.91 Å². The number of rotatable bonds is 8. The molecule has 5 rings (SSSR count). The molecule has 0 spiro atoms. The number of fused-ring (bicyclic) bond motifs is 1. The quantitative estimate of drug-likeness (QED) is 0.0791. The van der Waals surface area contributed by atoms with E-state index in [9.17, 15) is 14.4 Å². The molecule has 0 fully saturated rings. The average molecular weight is 647 g/mol. The fraction of sp³-hybridized carbons (Fsp3) is 0.0323. The molecule has 0 atom stereocenters. The Morgan fingerprint density at radius 3 is 2.44 bits per heavy atom. The van der Waals surface area contributed by atoms with Gasteiger partial charge < -0.3 is 10.1 Å². The maximum Gasteiger partial charge on any atom is 0.355 e. The summed E-state index contributed by atoms with van der Waals surface area (Å²) < 4.78 is 7.37. The summed E-state index contributed by atoms with van der Waals surface area (Å²) in [7, 11) is 0. The minimum absolute atomic E-state index is 0.153. The summed E-state index contributed by atoms with van der Waals surface area (Å²) in [6.45, 7) is 0. The average Bonchev–Trinajstić information content (AvgIpc) is 3.30. The second-order valence-electron chi connectivity index (χ2n) is 8.80. The van der Waals surface area contributed by atoms with Crippen molar-refractivity contribution in [3.05, 3.63) is 128 Å². The first-order valence-electron chi connectivity index (χ1n) is 12.3. The van der Waals surface area contributed by atoms with Crippen molar-refractivity contribution in [3.8, 4) is 5.75 Å². The molecule has 10 heteroatoms. The molecule has 0 aliphatic heterocycles. The number of para-hydroxylation sites is 1. The molecule has 5 aromatic rings. The molecule has 0 bridgehead atoms. The predicted octanol–water partition coefficient (Wildman–Crippen LogP) is 7.48. The van der Waals surface area contributed by atoms with E-state index in [0.29, 0.717) is 26.7 Å². The van der Waals surface area contributed by atoms with Crippen molar-refractivity contribution in [2.24, 2.45) is 5.10 Å². The molecule has 4 aromatic carbocycles. The highest BCUT2D eigenvalue weighted by Gasteiger charge is 2.20. The minimum atomic E-state index is -0.590. The van der Waals surface area contributed by atoms with Crippen LogP contribution in [0.4, 0.5) is 5.69 Å². The van der Waals surface area contributed by atoms with Gasteiger partial charge in [-0.3, -0.25) is 9.59 Å². The topological polar surface area (TPSA) is 96.9 Å². The summed E-state index contributed by atoms with van der Waals surface area (Å²) >= 11 is 11.1. The first-order valence-corrected chi connectivity index (χ1v) is 14.3. The minimum Gasteiger partial charge on any atom is -0.422 e. The lowest BCUT2D eigenvalue weighted by Crippen LogP contribution is -2.18. The summed E-state index contributed by atoms with van der Waals surface area (Å²) in [5.41, 5.74) is 4.79. The van der Waals surface area contributed by atoms with Gasteiger partial charge in [0.15, 0.2) is 0 Å². The molecule has 1 aromatic heterocycles. The van der Waals surface area contributed by atoms with Crippen molar-refractivity contribution in [2.75, 3.05) is 5.32 Å². The van der Waals surface area contributed by atoms with E-state index in [-0.39, 0.29) is 18.1 Å². The number of nitrogens with zero attached hydrogens (tertiary/aromatic N) is 1. The van der Waals surface area contributed by atoms with E-state index < -0.39 is 11.9 Å². The van der Waals surface area contributed by atoms with Gasteiger partial charge in [-0.05, 0) is 54.1 Å². The largest absolute Gasteiger partial charge is 0.422 e. The molecule has 0 saturated carbocycles. The fourth-order valence-electron chi connectivity index (χ4n) is 3.91. The van der Waals surface area contributed by atoms with Crippen LogP contribution in [-0.4, -0.2) is 24.0 Å². The Morgan fingerprint density at radius 2 is 1.66 bits per heavy atom. The number of esters is 1. The molecule has 0 radical (unpaired) electrons. The third-order valence-corrected chi connectivity index (χ3v) is 8.04. The molecular formula is C31H21BrClN3O4S. The number of amides is 2. The SMILES string of the molecule is O=C(Cc1ccccc1)Nc1ccc(C(=O)N/N=C\c2ccccc2OC(=O)c2sc3cc(Br)ccc3c2Cl)cc1. The molecule has 2 amide bonds. The van der Waals surface area contributed by atoms with Crippen LogP contribution >= 0.6 is 38.9 Å². The van der Waals surface area contributed by atoms with Crippen LogP contribution in [0.2, 0.25) is 5.02 Å². The lowest BCUT2D eigenvalue weighted by molar-refractivity contribution is -0.115. The molecule has 0 unspecified atom stereocenters. The number of thiophene rings is 1. The smallest absolute Gasteiger partial charge is 0.355 e. The number of halogens is 2. The maximum atomic E-state index is 12.9. The number of hydrogen-bond donors (Lipinski definition) is 2. The third-order valence-electron chi connectivity index (χ3n) is 5.91. The molecule has 7 nitrogen and oxygen atoms in total. The molecule has 41 heavy (non-hydrogen) atoms. The number of hydrogen-bond acceptors (Lipinski definition) is 6. The van der Waals surface area contributed by atoms with Gasteiger partial charge in [-0.2, -0.15) is 5.10 Å². The standard InChI is InChI=1S/C31H21BrClN3O4S/c32-22-12-15-24-26(17-22)41-29(28(24)33)31(39)40-25-9-5-4-8-21(25)18-34-36-30(38)20-10-13-23(14-11-20)35-27(37)16-19-6-2-1-3-7-19/h1-15,17-18H,16H2,(H,35,37)(H,36,38)/b34-18-. The van der Waals surface area contributed by atoms with E-state index in [0.717, 1.165) is 20.1 Å². The fourth-order valence-corrected chi connectivity index (χ4v) is 5.85. The van der Waals surface area contributed by atoms with Crippen LogP contribution < -0.4 is 15.5 Å². The van der Waals surface area contributed by atoms with Gasteiger partial charge in [0.05, 0.1) is 17.7 Å². The second kappa shape index (κ2) is 12.9. The molecular weight excluding hydrogens is 626 g/mol. The summed E-state index contributed by atoms with van der Waals surface area (Å²) in [4.78, 5) is 38.1. The number of carbonyl (C=O) groups is 3. The van der Waals surface area contributed by atoms with Gasteiger partial charge in [-0.25, -0.2) is 10.2 Å². The third kappa shape index (κ3) is 7.07. The van der Waals surface area contributed by atoms with Gasteiger partial charge in [0, 0.05) is 31.4 Å². The first-order chi connectivity index (χ1) is 19.9. The molecule has 2 N–H and O–H groups in total. The highest BCUT2D eigenvalue weighted by molar-refractivity contribution is 9.10. The Morgan fingerprint density at radius 1 is 0.927 bits per heavy atom. The van der Waals surface area contributed by atoms with Crippen LogP contribution in [0.15, 0.2) is 107 Å². The summed E-state index contributed by atoms with van der Waals surface area (Å²) in [5, 5.41) is 7.95. The van der Waals surface area contributed by atoms with Gasteiger partial charge in [0.2, 0.25) is 5.91 Å². The van der Waals surface area contributed by atoms with Crippen LogP contribution in [0.5, 0.6) is 5.75 Å². The lowest BCUT2D eigenvalue weighted by Gasteiger charge is -2.07. The van der Waals surface area contributed by atoms with Crippen molar-refractivity contribution < 1.29 is 19.1 Å². The monoisotopic (exact) mass is 645 g/mol. The van der Waals surface area contributed by atoms with E-state index >= 15 is 0 Å². The van der Waals surface area contributed by atoms with Crippen LogP contribution in [0, 0.1) is 0 Å². The van der Waals surface area contributed by atoms with E-state index in [2.05, 4.69) is 31.8 Å². The van der Waals surface area contributed by atoms with Gasteiger partial charge in [-0.1, -0.05) is 76.1 Å². The Balaban J connectivity index is 1.19. The van der Waals surface area contributed by atoms with E-state index in [1.54, 1.807) is 48.5 Å². The highest BCUT2D eigenvalue weighted by atomic mass is 79.9. The normalized spacial score (nSPS) is 11.0. The van der Waals surface area contributed by atoms with Gasteiger partial charge in [0.1, 0.15) is 10.6 Å². The van der Waals surface area contributed by atoms with Crippen molar-refractivity contribution in [2.45, 2.75) is 6.42 Å². The van der Waals surface area contributed by atoms with Crippen LogP contribution in [0.3, 0.4) is 0 Å². The van der Waals surface area contributed by atoms with Crippen molar-refractivity contribution in [1.29, 1.82) is 0 Å². The van der Waals surface area contributed by atoms with Crippen molar-refractivity contribution >= 4 is 78.6 Å². The molecule has 1 heterocycles. The lowest BCUT2D eigenvalue weighted by atomic mass is 10.1. The Hall–Kier alpha value is -4.31. The van der Waals surface area contributed by atoms with Crippen molar-refractivity contribution in [1.82, 2.24) is 5.43 Å². The molecule has 0 aliphatic rings. The number of carbonyl (C=O) groups excluding carboxylic acids is 3. The molecule has 0 aliphatic carbocycles. The summed E-state index contributed by atoms with van der Waals surface area (Å²) in [6, 6.07) is 28.3. The Bertz CT molecular complexity index is 1770. The number of hydrazone groups is 1. The number of anilines is 1. The number of benzene rings is 4. The number of ether oxygens (including phenoxy) is 1. The zero-order chi connectivity index (χ0) is 28.8. The zero-order valence-electron chi connectivity index (χ0n) is 21.3. The van der Waals surface area contributed by atoms with Crippen molar-refractivity contribution in [3.63, 3.8) is 0 Å². The van der Waals surface area contributed by atoms with E-state index in [4.69, 9.17) is 16.3 Å². The number of nitrogens with one attached hydrogen (secondary N) is 2. The van der Waals surface area contributed by atoms with Crippen LogP contribution in [0.1, 0.15) is 31.2 Å². The van der Waals surface area contributed by atoms with E-state index in [1.165, 1.54) is 17.6 Å². The molecule has 204 valence electrons. The summed E-state index contributed by atoms with van der Waals surface area (Å²) in [6.07, 6.45) is 1.64. The van der Waals surface area contributed by atoms with Crippen LogP contribution in [-0.2, 0) is 11.2 Å². The van der Waals surface area contributed by atoms with Crippen LogP contribution in [0.25, 0.3) is 10.1 Å². The second-order valence-corrected chi connectivity index (χ2v) is 11.1. The van der Waals surface area contributed by atoms with Gasteiger partial charge in [-0.15, -0.1) is 11.3 Å².